The van der Waals surface area contributed by atoms with E-state index in [9.17, 15) is 19.4 Å². The molecule has 0 radical (unpaired) electrons. The van der Waals surface area contributed by atoms with Crippen LogP contribution in [0.4, 0.5) is 4.39 Å². The van der Waals surface area contributed by atoms with Crippen LogP contribution in [0.25, 0.3) is 0 Å². The van der Waals surface area contributed by atoms with Gasteiger partial charge in [0, 0.05) is 12.3 Å². The minimum atomic E-state index is -1.92. The van der Waals surface area contributed by atoms with Gasteiger partial charge in [0.25, 0.3) is 11.6 Å². The van der Waals surface area contributed by atoms with E-state index in [1.165, 1.54) is 17.2 Å². The molecule has 21 heavy (non-hydrogen) atoms. The lowest BCUT2D eigenvalue weighted by atomic mass is 9.97. The number of ether oxygens (including phenoxy) is 1. The maximum Gasteiger partial charge on any atom is 0.293 e. The molecular formula is C11H15FN5O4+. The summed E-state index contributed by atoms with van der Waals surface area (Å²) in [6.07, 6.45) is -0.0607. The fourth-order valence-corrected chi connectivity index (χ4v) is 2.33. The Balaban J connectivity index is 2.35. The Morgan fingerprint density at radius 3 is 2.95 bits per heavy atom. The normalized spacial score (nSPS) is 35.6. The first kappa shape index (κ1) is 15.3. The van der Waals surface area contributed by atoms with Gasteiger partial charge in [0.15, 0.2) is 5.11 Å². The number of alkyl halides is 1. The lowest BCUT2D eigenvalue weighted by molar-refractivity contribution is -0.136. The first-order valence-corrected chi connectivity index (χ1v) is 6.07. The van der Waals surface area contributed by atoms with Gasteiger partial charge in [0.05, 0.1) is 12.6 Å². The van der Waals surface area contributed by atoms with Gasteiger partial charge in [-0.1, -0.05) is 6.58 Å². The zero-order chi connectivity index (χ0) is 15.6. The molecule has 0 saturated carbocycles. The average Bonchev–Trinajstić information content (AvgIpc) is 2.72. The van der Waals surface area contributed by atoms with Gasteiger partial charge in [-0.3, -0.25) is 9.18 Å². The molecule has 2 aliphatic heterocycles. The van der Waals surface area contributed by atoms with Crippen molar-refractivity contribution in [2.45, 2.75) is 18.1 Å². The van der Waals surface area contributed by atoms with E-state index < -0.39 is 43.2 Å². The lowest BCUT2D eigenvalue weighted by Crippen LogP contribution is -2.44. The molecule has 9 nitrogen and oxygen atoms in total. The zero-order valence-corrected chi connectivity index (χ0v) is 10.9. The molecule has 1 fully saturated rings. The standard InChI is InChI=1S/C11H14FN5O4/c1-6-14-8(19)2-3-17(6)10-7(4-12)9(20)11(5-18,21-10)15-16-13/h2-3,7,9-10,13,18,20H,1,4-5H2/p+1/t7-,9-,10+,11+/m0/s1. The molecule has 0 unspecified atom stereocenters. The van der Waals surface area contributed by atoms with E-state index in [4.69, 9.17) is 10.3 Å². The van der Waals surface area contributed by atoms with E-state index >= 15 is 0 Å². The highest BCUT2D eigenvalue weighted by Crippen LogP contribution is 2.39. The predicted molar refractivity (Wildman–Crippen MR) is 65.7 cm³/mol. The fraction of sp³-hybridized carbons (Fsp3) is 0.545. The summed E-state index contributed by atoms with van der Waals surface area (Å²) in [7, 11) is 0. The second-order valence-corrected chi connectivity index (χ2v) is 4.63. The van der Waals surface area contributed by atoms with Gasteiger partial charge in [0.2, 0.25) is 4.91 Å². The highest BCUT2D eigenvalue weighted by Gasteiger charge is 2.60. The molecule has 0 aromatic rings. The van der Waals surface area contributed by atoms with Crippen molar-refractivity contribution in [2.75, 3.05) is 13.3 Å². The minimum Gasteiger partial charge on any atom is -0.391 e. The van der Waals surface area contributed by atoms with Crippen LogP contribution in [0.5, 0.6) is 0 Å². The molecule has 2 aliphatic rings. The highest BCUT2D eigenvalue weighted by atomic mass is 19.1. The summed E-state index contributed by atoms with van der Waals surface area (Å²) in [5.74, 6) is -1.33. The maximum absolute atomic E-state index is 13.3. The second kappa shape index (κ2) is 5.70. The SMILES string of the molecule is C=C1NC(=O)C=CN1[C@@H]1O[C@@](CO)(N=[N+]=N)[C@@H](O)[C@@H]1CF. The van der Waals surface area contributed by atoms with Gasteiger partial charge in [-0.15, -0.1) is 0 Å². The van der Waals surface area contributed by atoms with E-state index in [-0.39, 0.29) is 5.82 Å². The number of aliphatic hydroxyl groups is 2. The molecule has 0 bridgehead atoms. The van der Waals surface area contributed by atoms with Gasteiger partial charge in [0.1, 0.15) is 30.3 Å². The first-order chi connectivity index (χ1) is 9.99. The second-order valence-electron chi connectivity index (χ2n) is 4.63. The van der Waals surface area contributed by atoms with Crippen LogP contribution >= 0.6 is 0 Å². The number of nitrogens with one attached hydrogen (secondary N) is 2. The lowest BCUT2D eigenvalue weighted by Gasteiger charge is -2.33. The van der Waals surface area contributed by atoms with Crippen molar-refractivity contribution in [1.29, 1.82) is 5.53 Å². The van der Waals surface area contributed by atoms with Crippen molar-refractivity contribution < 1.29 is 24.1 Å². The molecule has 10 heteroatoms. The minimum absolute atomic E-state index is 0.134. The molecule has 4 atom stereocenters. The van der Waals surface area contributed by atoms with E-state index in [0.29, 0.717) is 0 Å². The van der Waals surface area contributed by atoms with Crippen molar-refractivity contribution in [2.24, 2.45) is 11.0 Å². The maximum atomic E-state index is 13.3. The number of halogens is 1. The van der Waals surface area contributed by atoms with Crippen molar-refractivity contribution >= 4 is 5.91 Å². The molecule has 4 N–H and O–H groups in total. The molecule has 0 aromatic carbocycles. The number of hydrogen-bond donors (Lipinski definition) is 4. The number of rotatable bonds is 4. The molecular weight excluding hydrogens is 285 g/mol. The Morgan fingerprint density at radius 1 is 1.71 bits per heavy atom. The fourth-order valence-electron chi connectivity index (χ4n) is 2.33. The number of hydrogen-bond acceptors (Lipinski definition) is 7. The van der Waals surface area contributed by atoms with E-state index in [1.54, 1.807) is 0 Å². The Bertz CT molecular complexity index is 535. The quantitative estimate of drug-likeness (QED) is 0.388. The number of amides is 1. The average molecular weight is 300 g/mol. The topological polar surface area (TPSA) is 132 Å². The van der Waals surface area contributed by atoms with Crippen molar-refractivity contribution in [3.8, 4) is 0 Å². The summed E-state index contributed by atoms with van der Waals surface area (Å²) in [6.45, 7) is 1.87. The van der Waals surface area contributed by atoms with Gasteiger partial charge in [-0.2, -0.15) is 0 Å². The first-order valence-electron chi connectivity index (χ1n) is 6.07. The van der Waals surface area contributed by atoms with Crippen LogP contribution in [-0.4, -0.2) is 52.4 Å². The largest absolute Gasteiger partial charge is 0.391 e. The number of nitrogens with zero attached hydrogens (tertiary/aromatic N) is 3. The van der Waals surface area contributed by atoms with Crippen LogP contribution in [0.3, 0.4) is 0 Å². The summed E-state index contributed by atoms with van der Waals surface area (Å²) in [5.41, 5.74) is 4.83. The van der Waals surface area contributed by atoms with E-state index in [0.717, 1.165) is 0 Å². The predicted octanol–water partition coefficient (Wildman–Crippen LogP) is -1.06. The Hall–Kier alpha value is -2.13. The smallest absolute Gasteiger partial charge is 0.293 e. The van der Waals surface area contributed by atoms with Crippen molar-refractivity contribution in [3.05, 3.63) is 24.7 Å². The summed E-state index contributed by atoms with van der Waals surface area (Å²) in [6, 6.07) is 0. The Labute approximate surface area is 118 Å². The van der Waals surface area contributed by atoms with Gasteiger partial charge >= 0.3 is 0 Å². The highest BCUT2D eigenvalue weighted by molar-refractivity contribution is 5.89. The molecule has 1 saturated heterocycles. The molecule has 0 aliphatic carbocycles. The van der Waals surface area contributed by atoms with Crippen molar-refractivity contribution in [1.82, 2.24) is 15.1 Å². The molecule has 114 valence electrons. The van der Waals surface area contributed by atoms with Crippen LogP contribution in [0, 0.1) is 11.4 Å². The third kappa shape index (κ3) is 2.45. The van der Waals surface area contributed by atoms with Crippen LogP contribution in [-0.2, 0) is 9.53 Å². The van der Waals surface area contributed by atoms with Crippen molar-refractivity contribution in [3.63, 3.8) is 0 Å². The zero-order valence-electron chi connectivity index (χ0n) is 10.9. The van der Waals surface area contributed by atoms with Gasteiger partial charge in [-0.25, -0.2) is 0 Å². The molecule has 0 aromatic heterocycles. The number of carbonyl (C=O) groups is 1. The van der Waals surface area contributed by atoms with Gasteiger partial charge < -0.3 is 25.2 Å². The Morgan fingerprint density at radius 2 is 2.43 bits per heavy atom. The third-order valence-corrected chi connectivity index (χ3v) is 3.42. The molecule has 2 heterocycles. The van der Waals surface area contributed by atoms with E-state index in [2.05, 4.69) is 21.9 Å². The monoisotopic (exact) mass is 300 g/mol. The van der Waals surface area contributed by atoms with Crippen LogP contribution < -0.4 is 10.2 Å². The van der Waals surface area contributed by atoms with Crippen LogP contribution in [0.1, 0.15) is 0 Å². The van der Waals surface area contributed by atoms with Crippen LogP contribution in [0.15, 0.2) is 29.8 Å². The molecule has 0 spiro atoms. The summed E-state index contributed by atoms with van der Waals surface area (Å²) in [5, 5.41) is 25.3. The summed E-state index contributed by atoms with van der Waals surface area (Å²) < 4.78 is 18.7. The van der Waals surface area contributed by atoms with Crippen LogP contribution in [0.2, 0.25) is 0 Å². The third-order valence-electron chi connectivity index (χ3n) is 3.42. The number of carbonyl (C=O) groups excluding carboxylic acids is 1. The Kier molecular flexibility index (Phi) is 4.14. The number of aliphatic hydroxyl groups excluding tert-OH is 2. The molecule has 1 amide bonds. The summed E-state index contributed by atoms with van der Waals surface area (Å²) >= 11 is 0. The van der Waals surface area contributed by atoms with Gasteiger partial charge in [-0.05, 0) is 0 Å². The molecule has 2 rings (SSSR count). The van der Waals surface area contributed by atoms with E-state index in [1.807, 2.05) is 0 Å². The summed E-state index contributed by atoms with van der Waals surface area (Å²) in [4.78, 5) is 15.3.